The number of aromatic amines is 1. The van der Waals surface area contributed by atoms with E-state index in [1.54, 1.807) is 11.3 Å². The Balaban J connectivity index is 1.43. The van der Waals surface area contributed by atoms with Crippen LogP contribution in [0.3, 0.4) is 0 Å². The molecule has 0 bridgehead atoms. The number of aryl methyl sites for hydroxylation is 1. The standard InChI is InChI=1S/C25H24N6S/c1-4-5-23-26-25-20(12-13-32-25)17(3)31(23)15-18-7-9-19(10-8-18)21-11-6-16(2)14-22(21)24-27-29-30-28-24/h6-14H,3-5,15H2,1-2H3,(H,27,28,29,30). The number of amidine groups is 1. The lowest BCUT2D eigenvalue weighted by atomic mass is 9.96. The van der Waals surface area contributed by atoms with Crippen LogP contribution in [0.5, 0.6) is 0 Å². The summed E-state index contributed by atoms with van der Waals surface area (Å²) in [6.07, 6.45) is 1.99. The minimum absolute atomic E-state index is 0.601. The number of rotatable bonds is 6. The molecule has 4 aromatic rings. The van der Waals surface area contributed by atoms with Crippen LogP contribution in [0.25, 0.3) is 28.2 Å². The predicted molar refractivity (Wildman–Crippen MR) is 131 cm³/mol. The van der Waals surface area contributed by atoms with Gasteiger partial charge in [-0.05, 0) is 52.8 Å². The first-order valence-corrected chi connectivity index (χ1v) is 11.6. The molecule has 3 heterocycles. The fraction of sp³-hybridized carbons (Fsp3) is 0.200. The van der Waals surface area contributed by atoms with Gasteiger partial charge >= 0.3 is 0 Å². The van der Waals surface area contributed by atoms with Gasteiger partial charge in [0.05, 0.1) is 0 Å². The molecule has 0 unspecified atom stereocenters. The molecule has 0 saturated heterocycles. The molecule has 0 spiro atoms. The van der Waals surface area contributed by atoms with Crippen molar-refractivity contribution < 1.29 is 0 Å². The first kappa shape index (κ1) is 20.3. The predicted octanol–water partition coefficient (Wildman–Crippen LogP) is 6.22. The van der Waals surface area contributed by atoms with E-state index in [1.807, 2.05) is 0 Å². The lowest BCUT2D eigenvalue weighted by Crippen LogP contribution is -2.30. The number of benzene rings is 2. The summed E-state index contributed by atoms with van der Waals surface area (Å²) >= 11 is 1.68. The highest BCUT2D eigenvalue weighted by molar-refractivity contribution is 7.14. The minimum atomic E-state index is 0.601. The number of nitrogens with one attached hydrogen (secondary N) is 1. The van der Waals surface area contributed by atoms with Crippen molar-refractivity contribution in [2.75, 3.05) is 0 Å². The summed E-state index contributed by atoms with van der Waals surface area (Å²) < 4.78 is 0. The number of fused-ring (bicyclic) bond motifs is 1. The number of aromatic nitrogens is 4. The first-order valence-electron chi connectivity index (χ1n) is 10.7. The Hall–Kier alpha value is -3.58. The van der Waals surface area contributed by atoms with Crippen molar-refractivity contribution in [1.29, 1.82) is 0 Å². The minimum Gasteiger partial charge on any atom is -0.325 e. The van der Waals surface area contributed by atoms with Crippen LogP contribution >= 0.6 is 11.3 Å². The summed E-state index contributed by atoms with van der Waals surface area (Å²) in [5.74, 6) is 1.69. The monoisotopic (exact) mass is 440 g/mol. The third kappa shape index (κ3) is 3.76. The number of hydrogen-bond acceptors (Lipinski definition) is 6. The number of H-pyrrole nitrogens is 1. The molecule has 0 radical (unpaired) electrons. The molecule has 1 N–H and O–H groups in total. The molecule has 0 amide bonds. The van der Waals surface area contributed by atoms with Gasteiger partial charge in [-0.2, -0.15) is 5.21 Å². The molecule has 0 saturated carbocycles. The highest BCUT2D eigenvalue weighted by atomic mass is 32.1. The van der Waals surface area contributed by atoms with Crippen molar-refractivity contribution >= 4 is 27.9 Å². The lowest BCUT2D eigenvalue weighted by molar-refractivity contribution is 0.557. The van der Waals surface area contributed by atoms with Crippen molar-refractivity contribution in [2.45, 2.75) is 33.2 Å². The first-order chi connectivity index (χ1) is 15.6. The smallest absolute Gasteiger partial charge is 0.205 e. The molecule has 1 aliphatic heterocycles. The topological polar surface area (TPSA) is 70.1 Å². The molecule has 0 fully saturated rings. The zero-order chi connectivity index (χ0) is 22.1. The Morgan fingerprint density at radius 2 is 1.88 bits per heavy atom. The summed E-state index contributed by atoms with van der Waals surface area (Å²) in [6.45, 7) is 9.38. The molecular formula is C25H24N6S. The SMILES string of the molecule is C=C1c2ccsc2N=C(CCC)N1Cc1ccc(-c2ccc(C)cc2-c2nn[nH]n2)cc1. The summed E-state index contributed by atoms with van der Waals surface area (Å²) in [6, 6.07) is 17.1. The normalized spacial score (nSPS) is 13.2. The van der Waals surface area contributed by atoms with Crippen LogP contribution in [0.2, 0.25) is 0 Å². The lowest BCUT2D eigenvalue weighted by Gasteiger charge is -2.31. The van der Waals surface area contributed by atoms with Gasteiger partial charge in [0.15, 0.2) is 0 Å². The van der Waals surface area contributed by atoms with Crippen LogP contribution < -0.4 is 0 Å². The van der Waals surface area contributed by atoms with E-state index >= 15 is 0 Å². The Kier molecular flexibility index (Phi) is 5.41. The van der Waals surface area contributed by atoms with Crippen LogP contribution in [0.15, 0.2) is 65.5 Å². The fourth-order valence-corrected chi connectivity index (χ4v) is 4.83. The van der Waals surface area contributed by atoms with E-state index in [1.165, 1.54) is 5.56 Å². The zero-order valence-corrected chi connectivity index (χ0v) is 19.0. The number of thiophene rings is 1. The summed E-state index contributed by atoms with van der Waals surface area (Å²) in [7, 11) is 0. The third-order valence-electron chi connectivity index (χ3n) is 5.66. The van der Waals surface area contributed by atoms with Crippen molar-refractivity contribution in [3.63, 3.8) is 0 Å². The quantitative estimate of drug-likeness (QED) is 0.386. The summed E-state index contributed by atoms with van der Waals surface area (Å²) in [4.78, 5) is 7.17. The number of aliphatic imine (C=N–C) groups is 1. The molecule has 7 heteroatoms. The highest BCUT2D eigenvalue weighted by Gasteiger charge is 2.24. The van der Waals surface area contributed by atoms with Gasteiger partial charge in [0.2, 0.25) is 5.82 Å². The molecule has 5 rings (SSSR count). The summed E-state index contributed by atoms with van der Waals surface area (Å²) in [5, 5.41) is 17.8. The van der Waals surface area contributed by atoms with Crippen molar-refractivity contribution in [3.8, 4) is 22.5 Å². The molecule has 160 valence electrons. The number of nitrogens with zero attached hydrogens (tertiary/aromatic N) is 5. The molecule has 2 aromatic carbocycles. The van der Waals surface area contributed by atoms with Crippen LogP contribution in [-0.4, -0.2) is 31.4 Å². The van der Waals surface area contributed by atoms with Crippen molar-refractivity contribution in [3.05, 3.63) is 77.2 Å². The van der Waals surface area contributed by atoms with Gasteiger partial charge in [-0.25, -0.2) is 4.99 Å². The van der Waals surface area contributed by atoms with Crippen LogP contribution in [-0.2, 0) is 6.54 Å². The number of tetrazole rings is 1. The molecule has 0 atom stereocenters. The second-order valence-electron chi connectivity index (χ2n) is 7.93. The van der Waals surface area contributed by atoms with E-state index in [9.17, 15) is 0 Å². The maximum Gasteiger partial charge on any atom is 0.205 e. The van der Waals surface area contributed by atoms with Crippen LogP contribution in [0.1, 0.15) is 36.5 Å². The largest absolute Gasteiger partial charge is 0.325 e. The zero-order valence-electron chi connectivity index (χ0n) is 18.2. The van der Waals surface area contributed by atoms with Gasteiger partial charge in [-0.15, -0.1) is 21.5 Å². The van der Waals surface area contributed by atoms with E-state index in [4.69, 9.17) is 4.99 Å². The van der Waals surface area contributed by atoms with E-state index < -0.39 is 0 Å². The fourth-order valence-electron chi connectivity index (χ4n) is 4.03. The average Bonchev–Trinajstić information content (AvgIpc) is 3.49. The molecule has 1 aliphatic rings. The van der Waals surface area contributed by atoms with Crippen molar-refractivity contribution in [2.24, 2.45) is 4.99 Å². The van der Waals surface area contributed by atoms with E-state index in [-0.39, 0.29) is 0 Å². The van der Waals surface area contributed by atoms with Gasteiger partial charge in [0.25, 0.3) is 0 Å². The van der Waals surface area contributed by atoms with E-state index in [2.05, 4.69) is 99.9 Å². The highest BCUT2D eigenvalue weighted by Crippen LogP contribution is 2.39. The molecule has 6 nitrogen and oxygen atoms in total. The Morgan fingerprint density at radius 3 is 2.62 bits per heavy atom. The van der Waals surface area contributed by atoms with E-state index in [0.717, 1.165) is 63.7 Å². The maximum absolute atomic E-state index is 4.91. The van der Waals surface area contributed by atoms with Crippen molar-refractivity contribution in [1.82, 2.24) is 25.5 Å². The molecular weight excluding hydrogens is 416 g/mol. The third-order valence-corrected chi connectivity index (χ3v) is 6.47. The second-order valence-corrected chi connectivity index (χ2v) is 8.83. The number of hydrogen-bond donors (Lipinski definition) is 1. The molecule has 32 heavy (non-hydrogen) atoms. The van der Waals surface area contributed by atoms with Gasteiger partial charge in [0.1, 0.15) is 10.8 Å². The molecule has 2 aromatic heterocycles. The van der Waals surface area contributed by atoms with Crippen LogP contribution in [0, 0.1) is 6.92 Å². The Labute approximate surface area is 191 Å². The van der Waals surface area contributed by atoms with Gasteiger partial charge in [0, 0.05) is 29.8 Å². The summed E-state index contributed by atoms with van der Waals surface area (Å²) in [5.41, 5.74) is 7.71. The van der Waals surface area contributed by atoms with Gasteiger partial charge < -0.3 is 4.90 Å². The Morgan fingerprint density at radius 1 is 1.03 bits per heavy atom. The Bertz CT molecular complexity index is 1280. The van der Waals surface area contributed by atoms with E-state index in [0.29, 0.717) is 5.82 Å². The van der Waals surface area contributed by atoms with Crippen LogP contribution in [0.4, 0.5) is 5.00 Å². The molecule has 0 aliphatic carbocycles. The average molecular weight is 441 g/mol. The van der Waals surface area contributed by atoms with Gasteiger partial charge in [-0.1, -0.05) is 55.5 Å². The second kappa shape index (κ2) is 8.51. The van der Waals surface area contributed by atoms with Gasteiger partial charge in [-0.3, -0.25) is 0 Å². The maximum atomic E-state index is 4.91.